The molecule has 118 valence electrons. The molecule has 7 nitrogen and oxygen atoms in total. The van der Waals surface area contributed by atoms with Crippen molar-refractivity contribution in [1.29, 1.82) is 0 Å². The lowest BCUT2D eigenvalue weighted by Gasteiger charge is -2.09. The van der Waals surface area contributed by atoms with Crippen LogP contribution in [0.4, 0.5) is 0 Å². The first-order chi connectivity index (χ1) is 10.4. The normalized spacial score (nSPS) is 12.4. The summed E-state index contributed by atoms with van der Waals surface area (Å²) in [6, 6.07) is 4.17. The number of benzene rings is 1. The van der Waals surface area contributed by atoms with Gasteiger partial charge in [-0.2, -0.15) is 4.99 Å². The van der Waals surface area contributed by atoms with Gasteiger partial charge in [-0.1, -0.05) is 0 Å². The van der Waals surface area contributed by atoms with E-state index in [1.165, 1.54) is 43.7 Å². The minimum Gasteiger partial charge on any atom is -0.495 e. The molecule has 22 heavy (non-hydrogen) atoms. The average molecular weight is 341 g/mol. The maximum Gasteiger partial charge on any atom is 0.279 e. The molecule has 0 bridgehead atoms. The number of carbonyl (C=O) groups is 1. The molecule has 1 aromatic heterocycles. The lowest BCUT2D eigenvalue weighted by Crippen LogP contribution is -2.20. The van der Waals surface area contributed by atoms with Crippen molar-refractivity contribution in [3.63, 3.8) is 0 Å². The van der Waals surface area contributed by atoms with Crippen LogP contribution in [-0.4, -0.2) is 33.0 Å². The van der Waals surface area contributed by atoms with Crippen molar-refractivity contribution in [3.8, 4) is 5.75 Å². The number of hydrogen-bond acceptors (Lipinski definition) is 5. The van der Waals surface area contributed by atoms with E-state index in [0.29, 0.717) is 4.80 Å². The van der Waals surface area contributed by atoms with Crippen LogP contribution in [0.25, 0.3) is 0 Å². The van der Waals surface area contributed by atoms with E-state index in [2.05, 4.69) is 9.71 Å². The predicted octanol–water partition coefficient (Wildman–Crippen LogP) is 0.744. The molecular formula is C13H15N3O4S2. The van der Waals surface area contributed by atoms with Crippen molar-refractivity contribution < 1.29 is 17.9 Å². The highest BCUT2D eigenvalue weighted by molar-refractivity contribution is 7.89. The molecule has 1 heterocycles. The second kappa shape index (κ2) is 6.42. The topological polar surface area (TPSA) is 89.8 Å². The summed E-state index contributed by atoms with van der Waals surface area (Å²) >= 11 is 1.31. The van der Waals surface area contributed by atoms with E-state index in [1.807, 2.05) is 0 Å². The molecule has 9 heteroatoms. The zero-order valence-electron chi connectivity index (χ0n) is 12.2. The van der Waals surface area contributed by atoms with Gasteiger partial charge in [0.25, 0.3) is 5.91 Å². The SMILES string of the molecule is CNS(=O)(=O)c1cc(C(=O)N=c2sccn2C)ccc1OC. The van der Waals surface area contributed by atoms with Crippen LogP contribution < -0.4 is 14.3 Å². The number of aryl methyl sites for hydroxylation is 1. The van der Waals surface area contributed by atoms with E-state index in [0.717, 1.165) is 0 Å². The van der Waals surface area contributed by atoms with Crippen molar-refractivity contribution in [3.05, 3.63) is 40.1 Å². The molecule has 1 N–H and O–H groups in total. The first-order valence-electron chi connectivity index (χ1n) is 6.20. The van der Waals surface area contributed by atoms with Crippen LogP contribution >= 0.6 is 11.3 Å². The molecule has 0 aliphatic rings. The molecule has 0 spiro atoms. The summed E-state index contributed by atoms with van der Waals surface area (Å²) in [5.74, 6) is -0.360. The predicted molar refractivity (Wildman–Crippen MR) is 82.4 cm³/mol. The molecule has 0 atom stereocenters. The molecule has 0 radical (unpaired) electrons. The highest BCUT2D eigenvalue weighted by Crippen LogP contribution is 2.24. The van der Waals surface area contributed by atoms with Crippen molar-refractivity contribution in [2.75, 3.05) is 14.2 Å². The third-order valence-corrected chi connectivity index (χ3v) is 5.21. The number of aromatic nitrogens is 1. The van der Waals surface area contributed by atoms with Crippen LogP contribution in [0.1, 0.15) is 10.4 Å². The van der Waals surface area contributed by atoms with E-state index in [-0.39, 0.29) is 16.2 Å². The molecule has 0 unspecified atom stereocenters. The fourth-order valence-corrected chi connectivity index (χ4v) is 3.36. The maximum atomic E-state index is 12.2. The summed E-state index contributed by atoms with van der Waals surface area (Å²) in [7, 11) is 0.686. The number of nitrogens with one attached hydrogen (secondary N) is 1. The smallest absolute Gasteiger partial charge is 0.279 e. The van der Waals surface area contributed by atoms with Gasteiger partial charge >= 0.3 is 0 Å². The Morgan fingerprint density at radius 2 is 2.14 bits per heavy atom. The number of carbonyl (C=O) groups excluding carboxylic acids is 1. The monoisotopic (exact) mass is 341 g/mol. The van der Waals surface area contributed by atoms with E-state index in [1.54, 1.807) is 23.2 Å². The zero-order chi connectivity index (χ0) is 16.3. The van der Waals surface area contributed by atoms with Crippen LogP contribution in [0.2, 0.25) is 0 Å². The number of rotatable bonds is 4. The van der Waals surface area contributed by atoms with Crippen molar-refractivity contribution in [2.45, 2.75) is 4.90 Å². The van der Waals surface area contributed by atoms with Gasteiger partial charge in [0.15, 0.2) is 4.80 Å². The summed E-state index contributed by atoms with van der Waals surface area (Å²) in [5.41, 5.74) is 0.169. The van der Waals surface area contributed by atoms with E-state index >= 15 is 0 Å². The number of amides is 1. The highest BCUT2D eigenvalue weighted by Gasteiger charge is 2.20. The van der Waals surface area contributed by atoms with Gasteiger partial charge in [0.1, 0.15) is 10.6 Å². The number of nitrogens with zero attached hydrogens (tertiary/aromatic N) is 2. The Morgan fingerprint density at radius 1 is 1.41 bits per heavy atom. The van der Waals surface area contributed by atoms with Gasteiger partial charge in [-0.15, -0.1) is 11.3 Å². The van der Waals surface area contributed by atoms with Gasteiger partial charge in [-0.3, -0.25) is 4.79 Å². The van der Waals surface area contributed by atoms with Crippen molar-refractivity contribution in [1.82, 2.24) is 9.29 Å². The first-order valence-corrected chi connectivity index (χ1v) is 8.56. The van der Waals surface area contributed by atoms with Gasteiger partial charge in [-0.25, -0.2) is 13.1 Å². The van der Waals surface area contributed by atoms with Crippen LogP contribution in [0.15, 0.2) is 39.7 Å². The Labute approximate surface area is 131 Å². The Bertz CT molecular complexity index is 865. The molecule has 0 aliphatic heterocycles. The van der Waals surface area contributed by atoms with Gasteiger partial charge in [-0.05, 0) is 25.2 Å². The van der Waals surface area contributed by atoms with Gasteiger partial charge in [0.05, 0.1) is 7.11 Å². The van der Waals surface area contributed by atoms with Gasteiger partial charge in [0.2, 0.25) is 10.0 Å². The molecular weight excluding hydrogens is 326 g/mol. The number of hydrogen-bond donors (Lipinski definition) is 1. The third kappa shape index (κ3) is 3.26. The molecule has 0 saturated carbocycles. The quantitative estimate of drug-likeness (QED) is 0.888. The maximum absolute atomic E-state index is 12.2. The molecule has 0 saturated heterocycles. The molecule has 0 aliphatic carbocycles. The Balaban J connectivity index is 2.52. The number of ether oxygens (including phenoxy) is 1. The van der Waals surface area contributed by atoms with Crippen LogP contribution in [-0.2, 0) is 17.1 Å². The lowest BCUT2D eigenvalue weighted by molar-refractivity contribution is 0.0997. The molecule has 1 aromatic carbocycles. The standard InChI is InChI=1S/C13H15N3O4S2/c1-14-22(18,19)11-8-9(4-5-10(11)20-3)12(17)15-13-16(2)6-7-21-13/h4-8,14H,1-3H3. The summed E-state index contributed by atoms with van der Waals surface area (Å²) < 4.78 is 32.9. The fraction of sp³-hybridized carbons (Fsp3) is 0.231. The second-order valence-corrected chi connectivity index (χ2v) is 7.01. The van der Waals surface area contributed by atoms with E-state index in [4.69, 9.17) is 4.74 Å². The summed E-state index contributed by atoms with van der Waals surface area (Å²) in [6.45, 7) is 0. The largest absolute Gasteiger partial charge is 0.495 e. The fourth-order valence-electron chi connectivity index (χ4n) is 1.72. The first kappa shape index (κ1) is 16.4. The van der Waals surface area contributed by atoms with Crippen LogP contribution in [0.3, 0.4) is 0 Å². The minimum absolute atomic E-state index is 0.103. The summed E-state index contributed by atoms with van der Waals surface area (Å²) in [4.78, 5) is 16.6. The number of sulfonamides is 1. The zero-order valence-corrected chi connectivity index (χ0v) is 13.9. The number of thiazole rings is 1. The molecule has 2 aromatic rings. The third-order valence-electron chi connectivity index (χ3n) is 2.93. The summed E-state index contributed by atoms with van der Waals surface area (Å²) in [6.07, 6.45) is 1.78. The van der Waals surface area contributed by atoms with Crippen molar-refractivity contribution in [2.24, 2.45) is 12.0 Å². The lowest BCUT2D eigenvalue weighted by atomic mass is 10.2. The molecule has 0 fully saturated rings. The minimum atomic E-state index is -3.74. The molecule has 1 amide bonds. The second-order valence-electron chi connectivity index (χ2n) is 4.29. The van der Waals surface area contributed by atoms with E-state index < -0.39 is 15.9 Å². The Morgan fingerprint density at radius 3 is 2.68 bits per heavy atom. The average Bonchev–Trinajstić information content (AvgIpc) is 2.91. The highest BCUT2D eigenvalue weighted by atomic mass is 32.2. The van der Waals surface area contributed by atoms with E-state index in [9.17, 15) is 13.2 Å². The van der Waals surface area contributed by atoms with Crippen LogP contribution in [0, 0.1) is 0 Å². The van der Waals surface area contributed by atoms with Crippen LogP contribution in [0.5, 0.6) is 5.75 Å². The Kier molecular flexibility index (Phi) is 4.79. The van der Waals surface area contributed by atoms with Crippen molar-refractivity contribution >= 4 is 27.3 Å². The number of methoxy groups -OCH3 is 1. The van der Waals surface area contributed by atoms with Gasteiger partial charge < -0.3 is 9.30 Å². The summed E-state index contributed by atoms with van der Waals surface area (Å²) in [5, 5.41) is 1.80. The van der Waals surface area contributed by atoms with Gasteiger partial charge in [0, 0.05) is 24.2 Å². The molecule has 2 rings (SSSR count). The Hall–Kier alpha value is -1.97.